The predicted molar refractivity (Wildman–Crippen MR) is 77.0 cm³/mol. The number of nitrogens with zero attached hydrogens (tertiary/aromatic N) is 1. The molecule has 0 unspecified atom stereocenters. The molecule has 7 nitrogen and oxygen atoms in total. The fourth-order valence-corrected chi connectivity index (χ4v) is 1.65. The SMILES string of the molecule is COc1ccc(CNC(=O)N[C@@H](C(=O)O)C(C)(C)C)cn1. The summed E-state index contributed by atoms with van der Waals surface area (Å²) >= 11 is 0. The molecular formula is C14H21N3O4. The van der Waals surface area contributed by atoms with Crippen molar-refractivity contribution in [3.63, 3.8) is 0 Å². The first-order valence-electron chi connectivity index (χ1n) is 6.50. The molecule has 0 bridgehead atoms. The van der Waals surface area contributed by atoms with E-state index >= 15 is 0 Å². The zero-order valence-electron chi connectivity index (χ0n) is 12.6. The van der Waals surface area contributed by atoms with E-state index in [1.807, 2.05) is 0 Å². The second-order valence-electron chi connectivity index (χ2n) is 5.67. The Labute approximate surface area is 123 Å². The number of urea groups is 1. The van der Waals surface area contributed by atoms with Crippen LogP contribution >= 0.6 is 0 Å². The molecule has 3 N–H and O–H groups in total. The molecule has 21 heavy (non-hydrogen) atoms. The van der Waals surface area contributed by atoms with E-state index in [1.165, 1.54) is 7.11 Å². The average molecular weight is 295 g/mol. The number of ether oxygens (including phenoxy) is 1. The number of carbonyl (C=O) groups is 2. The van der Waals surface area contributed by atoms with E-state index in [2.05, 4.69) is 15.6 Å². The largest absolute Gasteiger partial charge is 0.481 e. The van der Waals surface area contributed by atoms with Gasteiger partial charge < -0.3 is 20.5 Å². The lowest BCUT2D eigenvalue weighted by Gasteiger charge is -2.27. The first-order chi connectivity index (χ1) is 9.74. The molecule has 0 spiro atoms. The minimum atomic E-state index is -1.07. The number of rotatable bonds is 5. The Kier molecular flexibility index (Phi) is 5.52. The van der Waals surface area contributed by atoms with Crippen LogP contribution in [0.15, 0.2) is 18.3 Å². The van der Waals surface area contributed by atoms with Crippen molar-refractivity contribution < 1.29 is 19.4 Å². The summed E-state index contributed by atoms with van der Waals surface area (Å²) in [6.45, 7) is 5.50. The van der Waals surface area contributed by atoms with Gasteiger partial charge in [-0.15, -0.1) is 0 Å². The summed E-state index contributed by atoms with van der Waals surface area (Å²) in [6.07, 6.45) is 1.58. The minimum absolute atomic E-state index is 0.249. The summed E-state index contributed by atoms with van der Waals surface area (Å²) in [5.41, 5.74) is 0.207. The Hall–Kier alpha value is -2.31. The van der Waals surface area contributed by atoms with Crippen LogP contribution in [0, 0.1) is 5.41 Å². The van der Waals surface area contributed by atoms with Crippen molar-refractivity contribution in [1.29, 1.82) is 0 Å². The third-order valence-electron chi connectivity index (χ3n) is 2.85. The number of nitrogens with one attached hydrogen (secondary N) is 2. The number of carbonyl (C=O) groups excluding carboxylic acids is 1. The van der Waals surface area contributed by atoms with Gasteiger partial charge in [0, 0.05) is 18.8 Å². The van der Waals surface area contributed by atoms with Gasteiger partial charge in [0.25, 0.3) is 0 Å². The van der Waals surface area contributed by atoms with Crippen LogP contribution in [0.1, 0.15) is 26.3 Å². The number of carboxylic acid groups (broad SMARTS) is 1. The summed E-state index contributed by atoms with van der Waals surface area (Å²) in [4.78, 5) is 26.9. The highest BCUT2D eigenvalue weighted by molar-refractivity contribution is 5.83. The van der Waals surface area contributed by atoms with Crippen molar-refractivity contribution in [2.45, 2.75) is 33.4 Å². The van der Waals surface area contributed by atoms with Gasteiger partial charge in [-0.1, -0.05) is 26.8 Å². The molecule has 1 aromatic heterocycles. The number of hydrogen-bond donors (Lipinski definition) is 3. The lowest BCUT2D eigenvalue weighted by Crippen LogP contribution is -2.52. The van der Waals surface area contributed by atoms with E-state index in [-0.39, 0.29) is 6.54 Å². The molecule has 1 aromatic rings. The monoisotopic (exact) mass is 295 g/mol. The lowest BCUT2D eigenvalue weighted by molar-refractivity contribution is -0.141. The second kappa shape index (κ2) is 6.92. The summed E-state index contributed by atoms with van der Waals surface area (Å²) in [7, 11) is 1.52. The quantitative estimate of drug-likeness (QED) is 0.762. The van der Waals surface area contributed by atoms with Crippen molar-refractivity contribution in [2.24, 2.45) is 5.41 Å². The third kappa shape index (κ3) is 5.29. The predicted octanol–water partition coefficient (Wildman–Crippen LogP) is 1.39. The molecule has 0 radical (unpaired) electrons. The highest BCUT2D eigenvalue weighted by Gasteiger charge is 2.32. The molecule has 1 atom stereocenters. The van der Waals surface area contributed by atoms with Crippen LogP contribution in [0.5, 0.6) is 5.88 Å². The standard InChI is InChI=1S/C14H21N3O4/c1-14(2,3)11(12(18)19)17-13(20)16-8-9-5-6-10(21-4)15-7-9/h5-7,11H,8H2,1-4H3,(H,18,19)(H2,16,17,20)/t11-/m0/s1. The van der Waals surface area contributed by atoms with Crippen LogP contribution in [0.2, 0.25) is 0 Å². The Balaban J connectivity index is 2.54. The molecule has 0 fully saturated rings. The van der Waals surface area contributed by atoms with E-state index in [9.17, 15) is 9.59 Å². The lowest BCUT2D eigenvalue weighted by atomic mass is 9.87. The first-order valence-corrected chi connectivity index (χ1v) is 6.50. The molecule has 0 aliphatic carbocycles. The van der Waals surface area contributed by atoms with Crippen molar-refractivity contribution in [3.05, 3.63) is 23.9 Å². The molecular weight excluding hydrogens is 274 g/mol. The molecule has 0 saturated heterocycles. The summed E-state index contributed by atoms with van der Waals surface area (Å²) in [5, 5.41) is 14.2. The van der Waals surface area contributed by atoms with Gasteiger partial charge in [-0.3, -0.25) is 0 Å². The molecule has 0 saturated carbocycles. The van der Waals surface area contributed by atoms with Crippen LogP contribution in [0.3, 0.4) is 0 Å². The van der Waals surface area contributed by atoms with Gasteiger partial charge in [-0.05, 0) is 11.0 Å². The molecule has 0 aliphatic heterocycles. The fourth-order valence-electron chi connectivity index (χ4n) is 1.65. The van der Waals surface area contributed by atoms with Gasteiger partial charge >= 0.3 is 12.0 Å². The van der Waals surface area contributed by atoms with Crippen LogP contribution in [-0.2, 0) is 11.3 Å². The topological polar surface area (TPSA) is 101 Å². The van der Waals surface area contributed by atoms with E-state index in [1.54, 1.807) is 39.1 Å². The van der Waals surface area contributed by atoms with Crippen molar-refractivity contribution in [3.8, 4) is 5.88 Å². The normalized spacial score (nSPS) is 12.4. The van der Waals surface area contributed by atoms with Gasteiger partial charge in [0.15, 0.2) is 0 Å². The van der Waals surface area contributed by atoms with Crippen LogP contribution in [0.4, 0.5) is 4.79 Å². The highest BCUT2D eigenvalue weighted by atomic mass is 16.5. The van der Waals surface area contributed by atoms with Gasteiger partial charge in [0.05, 0.1) is 7.11 Å². The maximum atomic E-state index is 11.8. The van der Waals surface area contributed by atoms with E-state index in [0.29, 0.717) is 5.88 Å². The van der Waals surface area contributed by atoms with Crippen LogP contribution < -0.4 is 15.4 Å². The van der Waals surface area contributed by atoms with Crippen LogP contribution in [-0.4, -0.2) is 35.2 Å². The van der Waals surface area contributed by atoms with Gasteiger partial charge in [-0.25, -0.2) is 14.6 Å². The maximum absolute atomic E-state index is 11.8. The Morgan fingerprint density at radius 2 is 2.05 bits per heavy atom. The summed E-state index contributed by atoms with van der Waals surface area (Å²) in [6, 6.07) is 1.95. The average Bonchev–Trinajstić information content (AvgIpc) is 2.41. The molecule has 2 amide bonds. The number of methoxy groups -OCH3 is 1. The van der Waals surface area contributed by atoms with Crippen molar-refractivity contribution in [2.75, 3.05) is 7.11 Å². The van der Waals surface area contributed by atoms with E-state index in [4.69, 9.17) is 9.84 Å². The number of aliphatic carboxylic acids is 1. The smallest absolute Gasteiger partial charge is 0.326 e. The molecule has 116 valence electrons. The first kappa shape index (κ1) is 16.7. The summed E-state index contributed by atoms with van der Waals surface area (Å²) in [5.74, 6) is -0.578. The van der Waals surface area contributed by atoms with Gasteiger partial charge in [0.2, 0.25) is 5.88 Å². The maximum Gasteiger partial charge on any atom is 0.326 e. The fraction of sp³-hybridized carbons (Fsp3) is 0.500. The highest BCUT2D eigenvalue weighted by Crippen LogP contribution is 2.19. The number of aromatic nitrogens is 1. The molecule has 0 aromatic carbocycles. The number of carboxylic acids is 1. The van der Waals surface area contributed by atoms with E-state index < -0.39 is 23.5 Å². The Morgan fingerprint density at radius 3 is 2.48 bits per heavy atom. The van der Waals surface area contributed by atoms with Crippen LogP contribution in [0.25, 0.3) is 0 Å². The van der Waals surface area contributed by atoms with Crippen molar-refractivity contribution in [1.82, 2.24) is 15.6 Å². The van der Waals surface area contributed by atoms with Gasteiger partial charge in [-0.2, -0.15) is 0 Å². The Morgan fingerprint density at radius 1 is 1.38 bits per heavy atom. The molecule has 7 heteroatoms. The molecule has 1 heterocycles. The molecule has 0 aliphatic rings. The van der Waals surface area contributed by atoms with E-state index in [0.717, 1.165) is 5.56 Å². The zero-order valence-corrected chi connectivity index (χ0v) is 12.6. The minimum Gasteiger partial charge on any atom is -0.481 e. The zero-order chi connectivity index (χ0) is 16.0. The molecule has 1 rings (SSSR count). The third-order valence-corrected chi connectivity index (χ3v) is 2.85. The number of pyridine rings is 1. The summed E-state index contributed by atoms with van der Waals surface area (Å²) < 4.78 is 4.94. The number of amides is 2. The van der Waals surface area contributed by atoms with Gasteiger partial charge in [0.1, 0.15) is 6.04 Å². The number of hydrogen-bond acceptors (Lipinski definition) is 4. The van der Waals surface area contributed by atoms with Crippen molar-refractivity contribution >= 4 is 12.0 Å². The second-order valence-corrected chi connectivity index (χ2v) is 5.67. The Bertz CT molecular complexity index is 494.